The van der Waals surface area contributed by atoms with Crippen molar-refractivity contribution in [1.82, 2.24) is 15.0 Å². The van der Waals surface area contributed by atoms with Gasteiger partial charge in [0.2, 0.25) is 15.9 Å². The van der Waals surface area contributed by atoms with Gasteiger partial charge in [-0.25, -0.2) is 17.8 Å². The summed E-state index contributed by atoms with van der Waals surface area (Å²) in [6.45, 7) is 2.03. The van der Waals surface area contributed by atoms with Gasteiger partial charge in [0.15, 0.2) is 0 Å². The van der Waals surface area contributed by atoms with Crippen molar-refractivity contribution in [2.75, 3.05) is 0 Å². The van der Waals surface area contributed by atoms with Crippen molar-refractivity contribution in [3.63, 3.8) is 0 Å². The van der Waals surface area contributed by atoms with Crippen LogP contribution in [0, 0.1) is 12.7 Å². The van der Waals surface area contributed by atoms with Gasteiger partial charge >= 0.3 is 0 Å². The number of amides is 1. The van der Waals surface area contributed by atoms with Gasteiger partial charge in [0, 0.05) is 5.38 Å². The lowest BCUT2D eigenvalue weighted by Gasteiger charge is -2.19. The molecule has 6 nitrogen and oxygen atoms in total. The summed E-state index contributed by atoms with van der Waals surface area (Å²) in [4.78, 5) is 16.5. The van der Waals surface area contributed by atoms with E-state index in [2.05, 4.69) is 15.0 Å². The van der Waals surface area contributed by atoms with E-state index in [1.165, 1.54) is 23.5 Å². The maximum Gasteiger partial charge on any atom is 0.244 e. The van der Waals surface area contributed by atoms with E-state index < -0.39 is 32.7 Å². The first-order valence-corrected chi connectivity index (χ1v) is 11.2. The van der Waals surface area contributed by atoms with Gasteiger partial charge in [0.1, 0.15) is 16.8 Å². The number of thiazole rings is 1. The van der Waals surface area contributed by atoms with Gasteiger partial charge in [0.05, 0.1) is 17.2 Å². The van der Waals surface area contributed by atoms with Crippen LogP contribution in [0.15, 0.2) is 64.9 Å². The lowest BCUT2D eigenvalue weighted by Crippen LogP contribution is -2.47. The largest absolute Gasteiger partial charge is 0.349 e. The topological polar surface area (TPSA) is 88.2 Å². The zero-order valence-corrected chi connectivity index (χ0v) is 17.3. The molecule has 2 N–H and O–H groups in total. The molecule has 1 amide bonds. The highest BCUT2D eigenvalue weighted by molar-refractivity contribution is 7.89. The van der Waals surface area contributed by atoms with E-state index in [-0.39, 0.29) is 13.0 Å². The zero-order valence-electron chi connectivity index (χ0n) is 15.6. The SMILES string of the molecule is Cc1nc(CNC(=O)C(Cc2ccccc2)NS(=O)(=O)c2ccccc2F)cs1. The smallest absolute Gasteiger partial charge is 0.244 e. The van der Waals surface area contributed by atoms with E-state index in [4.69, 9.17) is 0 Å². The average Bonchev–Trinajstić information content (AvgIpc) is 3.11. The van der Waals surface area contributed by atoms with Crippen molar-refractivity contribution < 1.29 is 17.6 Å². The summed E-state index contributed by atoms with van der Waals surface area (Å²) in [5, 5.41) is 5.40. The summed E-state index contributed by atoms with van der Waals surface area (Å²) < 4.78 is 41.7. The average molecular weight is 434 g/mol. The Morgan fingerprint density at radius 1 is 1.14 bits per heavy atom. The van der Waals surface area contributed by atoms with Gasteiger partial charge in [0.25, 0.3) is 0 Å². The highest BCUT2D eigenvalue weighted by atomic mass is 32.2. The summed E-state index contributed by atoms with van der Waals surface area (Å²) in [5.74, 6) is -1.39. The van der Waals surface area contributed by atoms with Crippen LogP contribution in [0.25, 0.3) is 0 Å². The molecule has 0 aliphatic rings. The van der Waals surface area contributed by atoms with E-state index >= 15 is 0 Å². The number of benzene rings is 2. The van der Waals surface area contributed by atoms with Crippen LogP contribution in [0.3, 0.4) is 0 Å². The van der Waals surface area contributed by atoms with E-state index in [0.29, 0.717) is 5.69 Å². The molecule has 0 saturated carbocycles. The summed E-state index contributed by atoms with van der Waals surface area (Å²) in [7, 11) is -4.23. The van der Waals surface area contributed by atoms with E-state index in [9.17, 15) is 17.6 Å². The number of carbonyl (C=O) groups excluding carboxylic acids is 1. The van der Waals surface area contributed by atoms with Gasteiger partial charge < -0.3 is 5.32 Å². The Bertz CT molecular complexity index is 1090. The summed E-state index contributed by atoms with van der Waals surface area (Å²) in [5.41, 5.74) is 1.46. The monoisotopic (exact) mass is 433 g/mol. The van der Waals surface area contributed by atoms with Crippen LogP contribution in [-0.2, 0) is 27.8 Å². The van der Waals surface area contributed by atoms with Crippen molar-refractivity contribution in [1.29, 1.82) is 0 Å². The molecular formula is C20H20FN3O3S2. The predicted molar refractivity (Wildman–Crippen MR) is 109 cm³/mol. The van der Waals surface area contributed by atoms with E-state index in [0.717, 1.165) is 22.7 Å². The molecule has 9 heteroatoms. The number of carbonyl (C=O) groups is 1. The van der Waals surface area contributed by atoms with E-state index in [1.807, 2.05) is 18.4 Å². The molecule has 3 aromatic rings. The van der Waals surface area contributed by atoms with Crippen molar-refractivity contribution >= 4 is 27.3 Å². The number of hydrogen-bond acceptors (Lipinski definition) is 5. The van der Waals surface area contributed by atoms with Crippen LogP contribution in [0.1, 0.15) is 16.3 Å². The van der Waals surface area contributed by atoms with Gasteiger partial charge in [-0.2, -0.15) is 4.72 Å². The number of halogens is 1. The number of aromatic nitrogens is 1. The Balaban J connectivity index is 1.80. The Labute approximate surface area is 172 Å². The fourth-order valence-corrected chi connectivity index (χ4v) is 4.63. The van der Waals surface area contributed by atoms with Crippen molar-refractivity contribution in [3.8, 4) is 0 Å². The molecular weight excluding hydrogens is 413 g/mol. The molecule has 152 valence electrons. The molecule has 0 saturated heterocycles. The minimum Gasteiger partial charge on any atom is -0.349 e. The molecule has 0 fully saturated rings. The third-order valence-corrected chi connectivity index (χ3v) is 6.46. The standard InChI is InChI=1S/C20H20FN3O3S2/c1-14-23-16(13-28-14)12-22-20(25)18(11-15-7-3-2-4-8-15)24-29(26,27)19-10-6-5-9-17(19)21/h2-10,13,18,24H,11-12H2,1H3,(H,22,25). The quantitative estimate of drug-likeness (QED) is 0.572. The lowest BCUT2D eigenvalue weighted by atomic mass is 10.1. The van der Waals surface area contributed by atoms with Crippen molar-refractivity contribution in [2.45, 2.75) is 30.8 Å². The maximum absolute atomic E-state index is 14.0. The highest BCUT2D eigenvalue weighted by Crippen LogP contribution is 2.15. The summed E-state index contributed by atoms with van der Waals surface area (Å²) in [6, 6.07) is 12.9. The number of nitrogens with one attached hydrogen (secondary N) is 2. The molecule has 0 aliphatic carbocycles. The number of aryl methyl sites for hydroxylation is 1. The minimum atomic E-state index is -4.23. The van der Waals surface area contributed by atoms with Gasteiger partial charge in [-0.05, 0) is 31.0 Å². The number of sulfonamides is 1. The Kier molecular flexibility index (Phi) is 6.73. The molecule has 0 aliphatic heterocycles. The van der Waals surface area contributed by atoms with Crippen LogP contribution < -0.4 is 10.0 Å². The fourth-order valence-electron chi connectivity index (χ4n) is 2.74. The third-order valence-electron chi connectivity index (χ3n) is 4.13. The van der Waals surface area contributed by atoms with Crippen LogP contribution in [-0.4, -0.2) is 25.4 Å². The van der Waals surface area contributed by atoms with Gasteiger partial charge in [-0.3, -0.25) is 4.79 Å². The number of hydrogen-bond donors (Lipinski definition) is 2. The van der Waals surface area contributed by atoms with Crippen LogP contribution in [0.2, 0.25) is 0 Å². The Hall–Kier alpha value is -2.62. The van der Waals surface area contributed by atoms with Crippen molar-refractivity contribution in [2.24, 2.45) is 0 Å². The third kappa shape index (κ3) is 5.69. The molecule has 0 spiro atoms. The molecule has 1 unspecified atom stereocenters. The second kappa shape index (κ2) is 9.25. The normalized spacial score (nSPS) is 12.5. The van der Waals surface area contributed by atoms with Crippen LogP contribution in [0.4, 0.5) is 4.39 Å². The number of nitrogens with zero attached hydrogens (tertiary/aromatic N) is 1. The zero-order chi connectivity index (χ0) is 20.9. The molecule has 1 heterocycles. The molecule has 29 heavy (non-hydrogen) atoms. The summed E-state index contributed by atoms with van der Waals surface area (Å²) >= 11 is 1.46. The van der Waals surface area contributed by atoms with E-state index in [1.54, 1.807) is 24.3 Å². The first kappa shape index (κ1) is 21.1. The predicted octanol–water partition coefficient (Wildman–Crippen LogP) is 2.80. The molecule has 1 atom stereocenters. The maximum atomic E-state index is 14.0. The molecule has 0 radical (unpaired) electrons. The minimum absolute atomic E-state index is 0.121. The second-order valence-electron chi connectivity index (χ2n) is 6.37. The second-order valence-corrected chi connectivity index (χ2v) is 9.11. The summed E-state index contributed by atoms with van der Waals surface area (Å²) in [6.07, 6.45) is 0.121. The fraction of sp³-hybridized carbons (Fsp3) is 0.200. The first-order valence-electron chi connectivity index (χ1n) is 8.84. The highest BCUT2D eigenvalue weighted by Gasteiger charge is 2.27. The molecule has 2 aromatic carbocycles. The lowest BCUT2D eigenvalue weighted by molar-refractivity contribution is -0.122. The van der Waals surface area contributed by atoms with Crippen molar-refractivity contribution in [3.05, 3.63) is 82.1 Å². The molecule has 0 bridgehead atoms. The van der Waals surface area contributed by atoms with Crippen LogP contribution >= 0.6 is 11.3 Å². The van der Waals surface area contributed by atoms with Gasteiger partial charge in [-0.15, -0.1) is 11.3 Å². The Morgan fingerprint density at radius 3 is 2.48 bits per heavy atom. The molecule has 3 rings (SSSR count). The first-order chi connectivity index (χ1) is 13.8. The number of rotatable bonds is 8. The van der Waals surface area contributed by atoms with Crippen LogP contribution in [0.5, 0.6) is 0 Å². The Morgan fingerprint density at radius 2 is 1.83 bits per heavy atom. The van der Waals surface area contributed by atoms with Gasteiger partial charge in [-0.1, -0.05) is 42.5 Å². The molecule has 1 aromatic heterocycles.